The van der Waals surface area contributed by atoms with Gasteiger partial charge in [-0.3, -0.25) is 10.2 Å². The lowest BCUT2D eigenvalue weighted by Gasteiger charge is -2.16. The van der Waals surface area contributed by atoms with Crippen LogP contribution in [0.4, 0.5) is 0 Å². The molecule has 0 unspecified atom stereocenters. The Labute approximate surface area is 225 Å². The maximum atomic E-state index is 4.91. The Balaban J connectivity index is 1.52. The molecule has 0 radical (unpaired) electrons. The maximum absolute atomic E-state index is 4.91. The summed E-state index contributed by atoms with van der Waals surface area (Å²) in [6.45, 7) is 21.7. The highest BCUT2D eigenvalue weighted by atomic mass is 15.2. The molecule has 0 saturated carbocycles. The van der Waals surface area contributed by atoms with Gasteiger partial charge in [0.2, 0.25) is 0 Å². The zero-order valence-corrected chi connectivity index (χ0v) is 24.1. The number of hydrogen-bond acceptors (Lipinski definition) is 4. The molecule has 194 valence electrons. The summed E-state index contributed by atoms with van der Waals surface area (Å²) < 4.78 is 0. The van der Waals surface area contributed by atoms with Crippen LogP contribution in [0.25, 0.3) is 45.6 Å². The second-order valence-corrected chi connectivity index (χ2v) is 10.6. The first-order valence-electron chi connectivity index (χ1n) is 13.1. The summed E-state index contributed by atoms with van der Waals surface area (Å²) in [6, 6.07) is 8.10. The minimum Gasteiger partial charge on any atom is -0.259 e. The fourth-order valence-electron chi connectivity index (χ4n) is 5.51. The van der Waals surface area contributed by atoms with Gasteiger partial charge >= 0.3 is 0 Å². The number of H-pyrrole nitrogens is 2. The van der Waals surface area contributed by atoms with E-state index in [1.807, 2.05) is 18.2 Å². The zero-order chi connectivity index (χ0) is 27.5. The number of hydrogen-bond donors (Lipinski definition) is 2. The Morgan fingerprint density at radius 1 is 0.447 bits per heavy atom. The molecule has 3 aromatic carbocycles. The van der Waals surface area contributed by atoms with Gasteiger partial charge in [0.05, 0.1) is 0 Å². The molecule has 0 aliphatic heterocycles. The Hall–Kier alpha value is -4.06. The first-order chi connectivity index (χ1) is 18.0. The monoisotopic (exact) mass is 504 g/mol. The average molecular weight is 505 g/mol. The van der Waals surface area contributed by atoms with Crippen LogP contribution in [-0.2, 0) is 0 Å². The van der Waals surface area contributed by atoms with E-state index >= 15 is 0 Å². The van der Waals surface area contributed by atoms with Crippen molar-refractivity contribution in [2.24, 2.45) is 0 Å². The van der Waals surface area contributed by atoms with Gasteiger partial charge < -0.3 is 0 Å². The minimum absolute atomic E-state index is 0.656. The van der Waals surface area contributed by atoms with Gasteiger partial charge in [-0.05, 0) is 131 Å². The van der Waals surface area contributed by atoms with Crippen LogP contribution in [0.3, 0.4) is 0 Å². The molecule has 0 aliphatic rings. The van der Waals surface area contributed by atoms with Gasteiger partial charge in [-0.15, -0.1) is 0 Å². The van der Waals surface area contributed by atoms with E-state index in [1.54, 1.807) is 0 Å². The molecule has 0 bridgehead atoms. The molecule has 0 fully saturated rings. The van der Waals surface area contributed by atoms with Crippen molar-refractivity contribution in [2.75, 3.05) is 0 Å². The lowest BCUT2D eigenvalue weighted by molar-refractivity contribution is 1.08. The fourth-order valence-corrected chi connectivity index (χ4v) is 5.51. The summed E-state index contributed by atoms with van der Waals surface area (Å²) >= 11 is 0. The second-order valence-electron chi connectivity index (χ2n) is 10.6. The minimum atomic E-state index is 0.656. The van der Waals surface area contributed by atoms with Gasteiger partial charge in [-0.25, -0.2) is 9.97 Å². The molecule has 0 aliphatic carbocycles. The van der Waals surface area contributed by atoms with E-state index in [4.69, 9.17) is 9.97 Å². The highest BCUT2D eigenvalue weighted by Gasteiger charge is 2.19. The van der Waals surface area contributed by atoms with Gasteiger partial charge in [0, 0.05) is 22.3 Å². The van der Waals surface area contributed by atoms with Crippen LogP contribution in [0.1, 0.15) is 55.6 Å². The third kappa shape index (κ3) is 3.95. The molecule has 0 spiro atoms. The topological polar surface area (TPSA) is 83.1 Å². The molecular weight excluding hydrogens is 468 g/mol. The number of rotatable bonds is 4. The van der Waals surface area contributed by atoms with Crippen molar-refractivity contribution in [1.82, 2.24) is 30.4 Å². The first-order valence-corrected chi connectivity index (χ1v) is 13.1. The molecule has 0 atom stereocenters. The molecular formula is C32H36N6. The largest absolute Gasteiger partial charge is 0.259 e. The van der Waals surface area contributed by atoms with Crippen LogP contribution in [0.5, 0.6) is 0 Å². The summed E-state index contributed by atoms with van der Waals surface area (Å²) in [4.78, 5) is 9.81. The van der Waals surface area contributed by atoms with Gasteiger partial charge in [0.25, 0.3) is 0 Å². The number of aromatic amines is 2. The van der Waals surface area contributed by atoms with Gasteiger partial charge in [-0.1, -0.05) is 18.2 Å². The molecule has 38 heavy (non-hydrogen) atoms. The van der Waals surface area contributed by atoms with Crippen molar-refractivity contribution < 1.29 is 0 Å². The van der Waals surface area contributed by atoms with Crippen molar-refractivity contribution in [3.8, 4) is 45.6 Å². The van der Waals surface area contributed by atoms with Gasteiger partial charge in [0.15, 0.2) is 23.3 Å². The van der Waals surface area contributed by atoms with E-state index in [9.17, 15) is 0 Å². The standard InChI is InChI=1S/C32H36N6/c1-15-17(3)21(7)27(22(8)18(15)4)31-33-29(35-37-31)25-12-11-13-26(14-25)30-34-32(38-36-30)28-23(9)19(5)16(2)20(6)24(28)10/h11-14H,1-10H3,(H,33,35,37)(H,34,36,38). The van der Waals surface area contributed by atoms with Crippen LogP contribution >= 0.6 is 0 Å². The lowest BCUT2D eigenvalue weighted by atomic mass is 9.89. The number of nitrogens with one attached hydrogen (secondary N) is 2. The van der Waals surface area contributed by atoms with Gasteiger partial charge in [-0.2, -0.15) is 10.2 Å². The normalized spacial score (nSPS) is 11.4. The Kier molecular flexibility index (Phi) is 6.30. The number of nitrogens with zero attached hydrogens (tertiary/aromatic N) is 4. The summed E-state index contributed by atoms with van der Waals surface area (Å²) in [7, 11) is 0. The summed E-state index contributed by atoms with van der Waals surface area (Å²) in [6.07, 6.45) is 0. The molecule has 6 nitrogen and oxygen atoms in total. The predicted molar refractivity (Wildman–Crippen MR) is 155 cm³/mol. The molecule has 0 amide bonds. The van der Waals surface area contributed by atoms with E-state index in [0.717, 1.165) is 33.9 Å². The van der Waals surface area contributed by atoms with Crippen LogP contribution in [0, 0.1) is 69.2 Å². The Morgan fingerprint density at radius 2 is 0.763 bits per heavy atom. The van der Waals surface area contributed by atoms with Gasteiger partial charge in [0.1, 0.15) is 0 Å². The Morgan fingerprint density at radius 3 is 1.11 bits per heavy atom. The number of aromatic nitrogens is 6. The zero-order valence-electron chi connectivity index (χ0n) is 24.1. The summed E-state index contributed by atoms with van der Waals surface area (Å²) in [5.41, 5.74) is 16.9. The molecule has 6 heteroatoms. The van der Waals surface area contributed by atoms with E-state index < -0.39 is 0 Å². The first kappa shape index (κ1) is 25.6. The average Bonchev–Trinajstić information content (AvgIpc) is 3.60. The third-order valence-electron chi connectivity index (χ3n) is 8.82. The van der Waals surface area contributed by atoms with Crippen LogP contribution in [0.2, 0.25) is 0 Å². The summed E-state index contributed by atoms with van der Waals surface area (Å²) in [5, 5.41) is 15.5. The predicted octanol–water partition coefficient (Wildman–Crippen LogP) is 7.68. The van der Waals surface area contributed by atoms with E-state index in [-0.39, 0.29) is 0 Å². The summed E-state index contributed by atoms with van der Waals surface area (Å²) in [5.74, 6) is 2.90. The van der Waals surface area contributed by atoms with Crippen LogP contribution < -0.4 is 0 Å². The number of benzene rings is 3. The molecule has 2 heterocycles. The highest BCUT2D eigenvalue weighted by molar-refractivity contribution is 5.74. The highest BCUT2D eigenvalue weighted by Crippen LogP contribution is 2.35. The van der Waals surface area contributed by atoms with Crippen molar-refractivity contribution in [1.29, 1.82) is 0 Å². The third-order valence-corrected chi connectivity index (χ3v) is 8.82. The second kappa shape index (κ2) is 9.35. The molecule has 0 saturated heterocycles. The molecule has 2 aromatic heterocycles. The quantitative estimate of drug-likeness (QED) is 0.263. The molecule has 2 N–H and O–H groups in total. The molecule has 5 aromatic rings. The fraction of sp³-hybridized carbons (Fsp3) is 0.312. The van der Waals surface area contributed by atoms with Crippen LogP contribution in [-0.4, -0.2) is 30.4 Å². The van der Waals surface area contributed by atoms with E-state index in [2.05, 4.69) is 95.7 Å². The van der Waals surface area contributed by atoms with E-state index in [0.29, 0.717) is 11.6 Å². The molecule has 5 rings (SSSR count). The SMILES string of the molecule is Cc1c(C)c(C)c(-c2nc(-c3cccc(-c4n[nH]c(-c5c(C)c(C)c(C)c(C)c5C)n4)c3)n[nH]2)c(C)c1C. The van der Waals surface area contributed by atoms with Crippen molar-refractivity contribution in [3.05, 3.63) is 79.9 Å². The van der Waals surface area contributed by atoms with Crippen molar-refractivity contribution in [3.63, 3.8) is 0 Å². The van der Waals surface area contributed by atoms with Crippen molar-refractivity contribution >= 4 is 0 Å². The van der Waals surface area contributed by atoms with Crippen molar-refractivity contribution in [2.45, 2.75) is 69.2 Å². The smallest absolute Gasteiger partial charge is 0.181 e. The van der Waals surface area contributed by atoms with E-state index in [1.165, 1.54) is 55.6 Å². The lowest BCUT2D eigenvalue weighted by Crippen LogP contribution is -2.00. The Bertz CT molecular complexity index is 1540. The van der Waals surface area contributed by atoms with Crippen LogP contribution in [0.15, 0.2) is 24.3 Å². The maximum Gasteiger partial charge on any atom is 0.181 e.